The lowest BCUT2D eigenvalue weighted by molar-refractivity contribution is -0.121. The van der Waals surface area contributed by atoms with Crippen LogP contribution in [0.4, 0.5) is 0 Å². The summed E-state index contributed by atoms with van der Waals surface area (Å²) in [6.45, 7) is 6.21. The van der Waals surface area contributed by atoms with E-state index >= 15 is 0 Å². The quantitative estimate of drug-likeness (QED) is 0.307. The molecule has 0 radical (unpaired) electrons. The van der Waals surface area contributed by atoms with E-state index in [0.29, 0.717) is 18.1 Å². The molecule has 0 unspecified atom stereocenters. The van der Waals surface area contributed by atoms with Gasteiger partial charge in [0.25, 0.3) is 0 Å². The van der Waals surface area contributed by atoms with Crippen LogP contribution in [0.3, 0.4) is 0 Å². The van der Waals surface area contributed by atoms with Crippen LogP contribution in [-0.4, -0.2) is 19.2 Å². The Kier molecular flexibility index (Phi) is 9.11. The number of methoxy groups -OCH3 is 1. The van der Waals surface area contributed by atoms with Gasteiger partial charge < -0.3 is 4.74 Å². The van der Waals surface area contributed by atoms with Crippen LogP contribution in [0.2, 0.25) is 0 Å². The van der Waals surface area contributed by atoms with Gasteiger partial charge in [-0.25, -0.2) is 5.43 Å². The van der Waals surface area contributed by atoms with E-state index in [1.165, 1.54) is 6.21 Å². The average Bonchev–Trinajstić information content (AvgIpc) is 2.27. The summed E-state index contributed by atoms with van der Waals surface area (Å²) in [6, 6.07) is 0. The Labute approximate surface area is 104 Å². The molecule has 0 aliphatic rings. The minimum absolute atomic E-state index is 0.0466. The zero-order valence-electron chi connectivity index (χ0n) is 11.3. The van der Waals surface area contributed by atoms with Crippen LogP contribution >= 0.6 is 0 Å². The van der Waals surface area contributed by atoms with Crippen LogP contribution < -0.4 is 5.43 Å². The highest BCUT2D eigenvalue weighted by molar-refractivity contribution is 5.80. The number of hydrogen-bond donors (Lipinski definition) is 1. The van der Waals surface area contributed by atoms with Crippen molar-refractivity contribution in [3.63, 3.8) is 0 Å². The van der Waals surface area contributed by atoms with Crippen molar-refractivity contribution < 1.29 is 9.53 Å². The largest absolute Gasteiger partial charge is 0.495 e. The molecule has 4 heteroatoms. The second kappa shape index (κ2) is 9.87. The van der Waals surface area contributed by atoms with E-state index in [1.54, 1.807) is 7.11 Å². The number of carbonyl (C=O) groups excluding carboxylic acids is 1. The maximum Gasteiger partial charge on any atom is 0.240 e. The van der Waals surface area contributed by atoms with Crippen LogP contribution in [0.5, 0.6) is 0 Å². The van der Waals surface area contributed by atoms with Crippen molar-refractivity contribution in [2.24, 2.45) is 11.0 Å². The monoisotopic (exact) mass is 240 g/mol. The summed E-state index contributed by atoms with van der Waals surface area (Å²) in [4.78, 5) is 11.3. The van der Waals surface area contributed by atoms with Gasteiger partial charge in [0.15, 0.2) is 0 Å². The molecule has 98 valence electrons. The van der Waals surface area contributed by atoms with E-state index in [-0.39, 0.29) is 5.91 Å². The number of nitrogens with one attached hydrogen (secondary N) is 1. The Morgan fingerprint density at radius 3 is 2.65 bits per heavy atom. The van der Waals surface area contributed by atoms with Gasteiger partial charge in [-0.2, -0.15) is 5.10 Å². The summed E-state index contributed by atoms with van der Waals surface area (Å²) in [5, 5.41) is 3.86. The molecule has 17 heavy (non-hydrogen) atoms. The molecule has 0 saturated carbocycles. The fourth-order valence-electron chi connectivity index (χ4n) is 1.25. The lowest BCUT2D eigenvalue weighted by Gasteiger charge is -2.02. The third-order valence-corrected chi connectivity index (χ3v) is 2.12. The van der Waals surface area contributed by atoms with Crippen molar-refractivity contribution in [2.45, 2.75) is 46.5 Å². The number of rotatable bonds is 8. The molecule has 1 amide bonds. The molecule has 0 saturated heterocycles. The average molecular weight is 240 g/mol. The van der Waals surface area contributed by atoms with Crippen LogP contribution in [-0.2, 0) is 9.53 Å². The summed E-state index contributed by atoms with van der Waals surface area (Å²) in [6.07, 6.45) is 7.10. The van der Waals surface area contributed by atoms with Crippen molar-refractivity contribution in [1.29, 1.82) is 0 Å². The molecule has 0 bridgehead atoms. The second-order valence-corrected chi connectivity index (χ2v) is 4.27. The van der Waals surface area contributed by atoms with E-state index in [4.69, 9.17) is 4.74 Å². The molecule has 0 atom stereocenters. The molecule has 1 N–H and O–H groups in total. The number of carbonyl (C=O) groups is 1. The van der Waals surface area contributed by atoms with E-state index < -0.39 is 0 Å². The Bertz CT molecular complexity index is 271. The molecule has 0 spiro atoms. The highest BCUT2D eigenvalue weighted by Gasteiger charge is 1.98. The highest BCUT2D eigenvalue weighted by atomic mass is 16.5. The predicted molar refractivity (Wildman–Crippen MR) is 70.7 cm³/mol. The standard InChI is InChI=1S/C13H24N2O2/c1-5-6-7-8-13(16)15-14-10-12(17-4)9-11(2)3/h9-11H,5-8H2,1-4H3,(H,15,16)/b12-9-,14-10+. The number of ether oxygens (including phenoxy) is 1. The number of amides is 1. The van der Waals surface area contributed by atoms with Gasteiger partial charge in [0, 0.05) is 6.42 Å². The third-order valence-electron chi connectivity index (χ3n) is 2.12. The first kappa shape index (κ1) is 15.7. The van der Waals surface area contributed by atoms with Gasteiger partial charge in [0.2, 0.25) is 5.91 Å². The third kappa shape index (κ3) is 9.60. The van der Waals surface area contributed by atoms with Gasteiger partial charge >= 0.3 is 0 Å². The zero-order chi connectivity index (χ0) is 13.1. The predicted octanol–water partition coefficient (Wildman–Crippen LogP) is 2.86. The molecule has 0 aliphatic heterocycles. The van der Waals surface area contributed by atoms with E-state index in [1.807, 2.05) is 6.08 Å². The Morgan fingerprint density at radius 1 is 1.41 bits per heavy atom. The van der Waals surface area contributed by atoms with E-state index in [2.05, 4.69) is 31.3 Å². The molecule has 0 aromatic rings. The first-order chi connectivity index (χ1) is 8.10. The molecule has 0 aromatic heterocycles. The summed E-state index contributed by atoms with van der Waals surface area (Å²) in [5.74, 6) is 1.00. The lowest BCUT2D eigenvalue weighted by Crippen LogP contribution is -2.17. The molecule has 0 rings (SSSR count). The lowest BCUT2D eigenvalue weighted by atomic mass is 10.2. The van der Waals surface area contributed by atoms with Crippen LogP contribution in [0, 0.1) is 5.92 Å². The van der Waals surface area contributed by atoms with Gasteiger partial charge in [-0.3, -0.25) is 4.79 Å². The SMILES string of the molecule is CCCCCC(=O)N/N=C/C(=C/C(C)C)OC. The first-order valence-corrected chi connectivity index (χ1v) is 6.17. The van der Waals surface area contributed by atoms with Crippen molar-refractivity contribution in [3.05, 3.63) is 11.8 Å². The summed E-state index contributed by atoms with van der Waals surface area (Å²) >= 11 is 0. The number of nitrogens with zero attached hydrogens (tertiary/aromatic N) is 1. The maximum atomic E-state index is 11.3. The minimum Gasteiger partial charge on any atom is -0.495 e. The van der Waals surface area contributed by atoms with Gasteiger partial charge in [-0.1, -0.05) is 33.6 Å². The maximum absolute atomic E-state index is 11.3. The van der Waals surface area contributed by atoms with Gasteiger partial charge in [-0.15, -0.1) is 0 Å². The Hall–Kier alpha value is -1.32. The molecule has 4 nitrogen and oxygen atoms in total. The summed E-state index contributed by atoms with van der Waals surface area (Å²) in [7, 11) is 1.59. The topological polar surface area (TPSA) is 50.7 Å². The normalized spacial score (nSPS) is 12.2. The van der Waals surface area contributed by atoms with E-state index in [0.717, 1.165) is 19.3 Å². The van der Waals surface area contributed by atoms with Crippen molar-refractivity contribution in [2.75, 3.05) is 7.11 Å². The van der Waals surface area contributed by atoms with Crippen molar-refractivity contribution in [3.8, 4) is 0 Å². The molecule has 0 fully saturated rings. The van der Waals surface area contributed by atoms with E-state index in [9.17, 15) is 4.79 Å². The first-order valence-electron chi connectivity index (χ1n) is 6.17. The Balaban J connectivity index is 3.95. The number of hydrogen-bond acceptors (Lipinski definition) is 3. The summed E-state index contributed by atoms with van der Waals surface area (Å²) in [5.41, 5.74) is 2.49. The number of hydrazone groups is 1. The van der Waals surface area contributed by atoms with Crippen molar-refractivity contribution >= 4 is 12.1 Å². The number of allylic oxidation sites excluding steroid dienone is 2. The fraction of sp³-hybridized carbons (Fsp3) is 0.692. The molecule has 0 aliphatic carbocycles. The number of unbranched alkanes of at least 4 members (excludes halogenated alkanes) is 2. The molecular weight excluding hydrogens is 216 g/mol. The van der Waals surface area contributed by atoms with Gasteiger partial charge in [-0.05, 0) is 18.4 Å². The second-order valence-electron chi connectivity index (χ2n) is 4.27. The van der Waals surface area contributed by atoms with Gasteiger partial charge in [0.05, 0.1) is 13.3 Å². The minimum atomic E-state index is -0.0466. The zero-order valence-corrected chi connectivity index (χ0v) is 11.3. The molecule has 0 aromatic carbocycles. The Morgan fingerprint density at radius 2 is 2.12 bits per heavy atom. The van der Waals surface area contributed by atoms with Crippen LogP contribution in [0.1, 0.15) is 46.5 Å². The smallest absolute Gasteiger partial charge is 0.240 e. The van der Waals surface area contributed by atoms with Crippen molar-refractivity contribution in [1.82, 2.24) is 5.43 Å². The summed E-state index contributed by atoms with van der Waals surface area (Å²) < 4.78 is 5.10. The van der Waals surface area contributed by atoms with Gasteiger partial charge in [0.1, 0.15) is 5.76 Å². The van der Waals surface area contributed by atoms with Crippen LogP contribution in [0.25, 0.3) is 0 Å². The molecule has 0 heterocycles. The fourth-order valence-corrected chi connectivity index (χ4v) is 1.25. The van der Waals surface area contributed by atoms with Crippen LogP contribution in [0.15, 0.2) is 16.9 Å². The highest BCUT2D eigenvalue weighted by Crippen LogP contribution is 2.01. The molecular formula is C13H24N2O2.